The van der Waals surface area contributed by atoms with Crippen LogP contribution in [0.2, 0.25) is 0 Å². The SMILES string of the molecule is FC(F)(F)COc1ccc(CBr)cc1Br. The van der Waals surface area contributed by atoms with Gasteiger partial charge in [-0.15, -0.1) is 0 Å². The van der Waals surface area contributed by atoms with Crippen molar-refractivity contribution in [2.45, 2.75) is 11.5 Å². The van der Waals surface area contributed by atoms with Crippen LogP contribution in [0.25, 0.3) is 0 Å². The molecule has 1 aromatic carbocycles. The molecule has 0 spiro atoms. The molecule has 15 heavy (non-hydrogen) atoms. The molecule has 0 aliphatic rings. The standard InChI is InChI=1S/C9H7Br2F3O/c10-4-6-1-2-8(7(11)3-6)15-5-9(12,13)14/h1-3H,4-5H2. The van der Waals surface area contributed by atoms with E-state index in [0.29, 0.717) is 9.80 Å². The highest BCUT2D eigenvalue weighted by molar-refractivity contribution is 9.10. The summed E-state index contributed by atoms with van der Waals surface area (Å²) in [6, 6.07) is 4.91. The maximum atomic E-state index is 11.9. The van der Waals surface area contributed by atoms with Gasteiger partial charge in [0.25, 0.3) is 0 Å². The summed E-state index contributed by atoms with van der Waals surface area (Å²) in [4.78, 5) is 0. The molecular weight excluding hydrogens is 341 g/mol. The lowest BCUT2D eigenvalue weighted by Gasteiger charge is -2.11. The zero-order chi connectivity index (χ0) is 11.5. The largest absolute Gasteiger partial charge is 0.483 e. The van der Waals surface area contributed by atoms with Crippen molar-refractivity contribution in [1.82, 2.24) is 0 Å². The number of alkyl halides is 4. The van der Waals surface area contributed by atoms with Crippen molar-refractivity contribution in [3.8, 4) is 5.75 Å². The van der Waals surface area contributed by atoms with E-state index < -0.39 is 12.8 Å². The fourth-order valence-electron chi connectivity index (χ4n) is 0.904. The van der Waals surface area contributed by atoms with Crippen molar-refractivity contribution in [3.63, 3.8) is 0 Å². The Morgan fingerprint density at radius 1 is 1.27 bits per heavy atom. The topological polar surface area (TPSA) is 9.23 Å². The molecule has 0 aliphatic carbocycles. The van der Waals surface area contributed by atoms with Gasteiger partial charge in [0, 0.05) is 5.33 Å². The molecule has 0 saturated carbocycles. The fourth-order valence-corrected chi connectivity index (χ4v) is 1.79. The van der Waals surface area contributed by atoms with Crippen molar-refractivity contribution in [3.05, 3.63) is 28.2 Å². The van der Waals surface area contributed by atoms with Crippen molar-refractivity contribution >= 4 is 31.9 Å². The van der Waals surface area contributed by atoms with Gasteiger partial charge in [-0.05, 0) is 33.6 Å². The molecule has 84 valence electrons. The maximum absolute atomic E-state index is 11.9. The molecule has 0 bridgehead atoms. The van der Waals surface area contributed by atoms with Crippen LogP contribution in [0, 0.1) is 0 Å². The Bertz CT molecular complexity index is 339. The Morgan fingerprint density at radius 2 is 1.93 bits per heavy atom. The molecule has 0 atom stereocenters. The highest BCUT2D eigenvalue weighted by Gasteiger charge is 2.28. The van der Waals surface area contributed by atoms with Gasteiger partial charge in [0.1, 0.15) is 5.75 Å². The van der Waals surface area contributed by atoms with Crippen LogP contribution >= 0.6 is 31.9 Å². The Labute approximate surface area is 102 Å². The second-order valence-corrected chi connectivity index (χ2v) is 4.22. The molecule has 6 heteroatoms. The van der Waals surface area contributed by atoms with Gasteiger partial charge in [-0.25, -0.2) is 0 Å². The van der Waals surface area contributed by atoms with E-state index in [0.717, 1.165) is 5.56 Å². The number of hydrogen-bond donors (Lipinski definition) is 0. The number of ether oxygens (including phenoxy) is 1. The van der Waals surface area contributed by atoms with Crippen LogP contribution in [0.1, 0.15) is 5.56 Å². The quantitative estimate of drug-likeness (QED) is 0.741. The van der Waals surface area contributed by atoms with E-state index in [1.807, 2.05) is 0 Å². The summed E-state index contributed by atoms with van der Waals surface area (Å²) in [6.45, 7) is -1.28. The Balaban J connectivity index is 2.70. The number of rotatable bonds is 3. The summed E-state index contributed by atoms with van der Waals surface area (Å²) in [6.07, 6.45) is -4.31. The minimum Gasteiger partial charge on any atom is -0.483 e. The van der Waals surface area contributed by atoms with Gasteiger partial charge in [-0.3, -0.25) is 0 Å². The predicted molar refractivity (Wildman–Crippen MR) is 58.3 cm³/mol. The zero-order valence-electron chi connectivity index (χ0n) is 7.44. The monoisotopic (exact) mass is 346 g/mol. The van der Waals surface area contributed by atoms with Crippen LogP contribution in [-0.2, 0) is 5.33 Å². The maximum Gasteiger partial charge on any atom is 0.422 e. The third-order valence-electron chi connectivity index (χ3n) is 1.54. The molecule has 0 unspecified atom stereocenters. The molecule has 1 nitrogen and oxygen atoms in total. The minimum atomic E-state index is -4.31. The Morgan fingerprint density at radius 3 is 2.40 bits per heavy atom. The molecule has 1 rings (SSSR count). The predicted octanol–water partition coefficient (Wildman–Crippen LogP) is 4.29. The normalized spacial score (nSPS) is 11.5. The van der Waals surface area contributed by atoms with Gasteiger partial charge in [0.05, 0.1) is 4.47 Å². The van der Waals surface area contributed by atoms with E-state index in [4.69, 9.17) is 0 Å². The summed E-state index contributed by atoms with van der Waals surface area (Å²) < 4.78 is 40.7. The van der Waals surface area contributed by atoms with Gasteiger partial charge in [-0.2, -0.15) is 13.2 Å². The van der Waals surface area contributed by atoms with Crippen LogP contribution in [-0.4, -0.2) is 12.8 Å². The smallest absolute Gasteiger partial charge is 0.422 e. The molecule has 0 saturated heterocycles. The number of halogens is 5. The van der Waals surface area contributed by atoms with Crippen LogP contribution < -0.4 is 4.74 Å². The van der Waals surface area contributed by atoms with Crippen molar-refractivity contribution < 1.29 is 17.9 Å². The van der Waals surface area contributed by atoms with Crippen molar-refractivity contribution in [2.75, 3.05) is 6.61 Å². The lowest BCUT2D eigenvalue weighted by molar-refractivity contribution is -0.153. The van der Waals surface area contributed by atoms with Crippen LogP contribution in [0.15, 0.2) is 22.7 Å². The third kappa shape index (κ3) is 4.42. The molecule has 0 heterocycles. The van der Waals surface area contributed by atoms with Gasteiger partial charge in [-0.1, -0.05) is 22.0 Å². The van der Waals surface area contributed by atoms with Gasteiger partial charge >= 0.3 is 6.18 Å². The molecule has 0 radical (unpaired) electrons. The van der Waals surface area contributed by atoms with Gasteiger partial charge in [0.15, 0.2) is 6.61 Å². The van der Waals surface area contributed by atoms with Crippen LogP contribution in [0.4, 0.5) is 13.2 Å². The second kappa shape index (κ2) is 5.21. The molecule has 0 aliphatic heterocycles. The first-order valence-electron chi connectivity index (χ1n) is 3.96. The van der Waals surface area contributed by atoms with Crippen molar-refractivity contribution in [2.24, 2.45) is 0 Å². The summed E-state index contributed by atoms with van der Waals surface area (Å²) in [7, 11) is 0. The van der Waals surface area contributed by atoms with E-state index in [-0.39, 0.29) is 5.75 Å². The zero-order valence-corrected chi connectivity index (χ0v) is 10.6. The number of hydrogen-bond acceptors (Lipinski definition) is 1. The summed E-state index contributed by atoms with van der Waals surface area (Å²) in [5.74, 6) is 0.192. The minimum absolute atomic E-state index is 0.192. The van der Waals surface area contributed by atoms with E-state index in [9.17, 15) is 13.2 Å². The van der Waals surface area contributed by atoms with Crippen LogP contribution in [0.5, 0.6) is 5.75 Å². The summed E-state index contributed by atoms with van der Waals surface area (Å²) >= 11 is 6.39. The van der Waals surface area contributed by atoms with E-state index in [2.05, 4.69) is 36.6 Å². The average molecular weight is 348 g/mol. The first-order chi connectivity index (χ1) is 6.92. The van der Waals surface area contributed by atoms with Crippen molar-refractivity contribution in [1.29, 1.82) is 0 Å². The first kappa shape index (κ1) is 12.8. The third-order valence-corrected chi connectivity index (χ3v) is 2.81. The summed E-state index contributed by atoms with van der Waals surface area (Å²) in [5.41, 5.74) is 0.959. The van der Waals surface area contributed by atoms with E-state index in [1.54, 1.807) is 12.1 Å². The highest BCUT2D eigenvalue weighted by Crippen LogP contribution is 2.28. The lowest BCUT2D eigenvalue weighted by Crippen LogP contribution is -2.19. The fraction of sp³-hybridized carbons (Fsp3) is 0.333. The van der Waals surface area contributed by atoms with Gasteiger partial charge < -0.3 is 4.74 Å². The summed E-state index contributed by atoms with van der Waals surface area (Å²) in [5, 5.41) is 0.644. The van der Waals surface area contributed by atoms with Crippen LogP contribution in [0.3, 0.4) is 0 Å². The van der Waals surface area contributed by atoms with Gasteiger partial charge in [0.2, 0.25) is 0 Å². The molecule has 0 aromatic heterocycles. The average Bonchev–Trinajstić information content (AvgIpc) is 2.14. The Hall–Kier alpha value is -0.230. The van der Waals surface area contributed by atoms with E-state index in [1.165, 1.54) is 6.07 Å². The van der Waals surface area contributed by atoms with E-state index >= 15 is 0 Å². The molecule has 0 amide bonds. The molecule has 1 aromatic rings. The molecular formula is C9H7Br2F3O. The highest BCUT2D eigenvalue weighted by atomic mass is 79.9. The Kier molecular flexibility index (Phi) is 4.45. The molecule has 0 fully saturated rings. The first-order valence-corrected chi connectivity index (χ1v) is 5.88. The lowest BCUT2D eigenvalue weighted by atomic mass is 10.2. The second-order valence-electron chi connectivity index (χ2n) is 2.80. The number of benzene rings is 1. The molecule has 0 N–H and O–H groups in total.